The van der Waals surface area contributed by atoms with E-state index in [0.717, 1.165) is 29.0 Å². The SMILES string of the molecule is CCCCOc1ccc([C@@H]2[C@@H]3C(=O)N(c4ccc(Cl)c(Cl)c4)C(=O)[C@H]3ON2c2ccccc2)cc1OC. The first kappa shape index (κ1) is 25.4. The number of rotatable bonds is 8. The third-order valence-corrected chi connectivity index (χ3v) is 7.31. The fourth-order valence-corrected chi connectivity index (χ4v) is 5.04. The minimum absolute atomic E-state index is 0.253. The van der Waals surface area contributed by atoms with Crippen LogP contribution in [0.3, 0.4) is 0 Å². The molecule has 3 aromatic rings. The molecule has 0 aromatic heterocycles. The standard InChI is InChI=1S/C28H26Cl2N2O5/c1-3-4-14-36-22-13-10-17(15-23(22)35-2)25-24-26(37-32(25)18-8-6-5-7-9-18)28(34)31(27(24)33)19-11-12-20(29)21(30)16-19/h5-13,15-16,24-26H,3-4,14H2,1-2H3/t24-,25+,26-/m0/s1. The molecule has 5 rings (SSSR count). The van der Waals surface area contributed by atoms with E-state index in [-0.39, 0.29) is 10.9 Å². The predicted octanol–water partition coefficient (Wildman–Crippen LogP) is 6.23. The third kappa shape index (κ3) is 4.63. The molecule has 0 radical (unpaired) electrons. The highest BCUT2D eigenvalue weighted by atomic mass is 35.5. The first-order valence-corrected chi connectivity index (χ1v) is 12.8. The van der Waals surface area contributed by atoms with E-state index in [0.29, 0.717) is 28.8 Å². The summed E-state index contributed by atoms with van der Waals surface area (Å²) in [6.45, 7) is 2.67. The molecular formula is C28H26Cl2N2O5. The Bertz CT molecular complexity index is 1320. The van der Waals surface area contributed by atoms with E-state index in [1.165, 1.54) is 6.07 Å². The Kier molecular flexibility index (Phi) is 7.29. The van der Waals surface area contributed by atoms with Gasteiger partial charge in [0.05, 0.1) is 41.2 Å². The van der Waals surface area contributed by atoms with Crippen molar-refractivity contribution in [1.29, 1.82) is 0 Å². The van der Waals surface area contributed by atoms with E-state index < -0.39 is 24.0 Å². The number of hydrogen-bond donors (Lipinski definition) is 0. The van der Waals surface area contributed by atoms with Crippen LogP contribution in [0.15, 0.2) is 66.7 Å². The lowest BCUT2D eigenvalue weighted by atomic mass is 9.90. The average molecular weight is 541 g/mol. The molecular weight excluding hydrogens is 515 g/mol. The fourth-order valence-electron chi connectivity index (χ4n) is 4.74. The van der Waals surface area contributed by atoms with Crippen LogP contribution in [0, 0.1) is 5.92 Å². The highest BCUT2D eigenvalue weighted by Crippen LogP contribution is 2.49. The highest BCUT2D eigenvalue weighted by Gasteiger charge is 2.60. The first-order chi connectivity index (χ1) is 17.9. The summed E-state index contributed by atoms with van der Waals surface area (Å²) in [6.07, 6.45) is 0.938. The van der Waals surface area contributed by atoms with Crippen LogP contribution in [0.1, 0.15) is 31.4 Å². The second-order valence-electron chi connectivity index (χ2n) is 8.88. The number of carbonyl (C=O) groups is 2. The maximum Gasteiger partial charge on any atom is 0.266 e. The first-order valence-electron chi connectivity index (χ1n) is 12.1. The number of para-hydroxylation sites is 1. The number of benzene rings is 3. The van der Waals surface area contributed by atoms with Gasteiger partial charge in [-0.05, 0) is 54.4 Å². The molecule has 0 aliphatic carbocycles. The molecule has 0 N–H and O–H groups in total. The Morgan fingerprint density at radius 1 is 0.892 bits per heavy atom. The molecule has 192 valence electrons. The van der Waals surface area contributed by atoms with Crippen molar-refractivity contribution in [3.63, 3.8) is 0 Å². The summed E-state index contributed by atoms with van der Waals surface area (Å²) < 4.78 is 11.5. The number of imide groups is 1. The maximum absolute atomic E-state index is 13.8. The molecule has 0 unspecified atom stereocenters. The van der Waals surface area contributed by atoms with Gasteiger partial charge in [-0.15, -0.1) is 0 Å². The number of halogens is 2. The van der Waals surface area contributed by atoms with Crippen LogP contribution in [0.4, 0.5) is 11.4 Å². The lowest BCUT2D eigenvalue weighted by Crippen LogP contribution is -2.37. The van der Waals surface area contributed by atoms with E-state index in [1.807, 2.05) is 48.5 Å². The quantitative estimate of drug-likeness (QED) is 0.249. The van der Waals surface area contributed by atoms with Gasteiger partial charge in [-0.3, -0.25) is 14.4 Å². The number of hydroxylamine groups is 1. The molecule has 0 bridgehead atoms. The van der Waals surface area contributed by atoms with Crippen LogP contribution >= 0.6 is 23.2 Å². The van der Waals surface area contributed by atoms with E-state index in [1.54, 1.807) is 24.3 Å². The Morgan fingerprint density at radius 2 is 1.68 bits per heavy atom. The number of unbranched alkanes of at least 4 members (excludes halogenated alkanes) is 1. The summed E-state index contributed by atoms with van der Waals surface area (Å²) in [5.41, 5.74) is 1.84. The number of amides is 2. The summed E-state index contributed by atoms with van der Waals surface area (Å²) in [6, 6.07) is 19.0. The number of hydrogen-bond acceptors (Lipinski definition) is 6. The Morgan fingerprint density at radius 3 is 2.38 bits per heavy atom. The molecule has 3 aromatic carbocycles. The minimum Gasteiger partial charge on any atom is -0.493 e. The van der Waals surface area contributed by atoms with Crippen LogP contribution in [-0.4, -0.2) is 31.6 Å². The van der Waals surface area contributed by atoms with Gasteiger partial charge in [-0.25, -0.2) is 9.96 Å². The number of ether oxygens (including phenoxy) is 2. The normalized spacial score (nSPS) is 20.9. The molecule has 2 amide bonds. The lowest BCUT2D eigenvalue weighted by Gasteiger charge is -2.29. The molecule has 2 heterocycles. The van der Waals surface area contributed by atoms with Crippen molar-refractivity contribution >= 4 is 46.4 Å². The van der Waals surface area contributed by atoms with Gasteiger partial charge in [-0.1, -0.05) is 60.8 Å². The van der Waals surface area contributed by atoms with Gasteiger partial charge in [0.1, 0.15) is 5.92 Å². The summed E-state index contributed by atoms with van der Waals surface area (Å²) in [5, 5.41) is 2.23. The highest BCUT2D eigenvalue weighted by molar-refractivity contribution is 6.42. The van der Waals surface area contributed by atoms with Gasteiger partial charge in [0.25, 0.3) is 5.91 Å². The van der Waals surface area contributed by atoms with Crippen LogP contribution < -0.4 is 19.4 Å². The van der Waals surface area contributed by atoms with Crippen molar-refractivity contribution < 1.29 is 23.9 Å². The molecule has 2 aliphatic rings. The zero-order valence-electron chi connectivity index (χ0n) is 20.4. The Balaban J connectivity index is 1.55. The lowest BCUT2D eigenvalue weighted by molar-refractivity contribution is -0.126. The Hall–Kier alpha value is -3.26. The maximum atomic E-state index is 13.8. The largest absolute Gasteiger partial charge is 0.493 e. The zero-order chi connectivity index (χ0) is 26.1. The number of nitrogens with zero attached hydrogens (tertiary/aromatic N) is 2. The number of fused-ring (bicyclic) bond motifs is 1. The van der Waals surface area contributed by atoms with Crippen molar-refractivity contribution in [2.24, 2.45) is 5.92 Å². The van der Waals surface area contributed by atoms with Crippen molar-refractivity contribution in [2.45, 2.75) is 31.9 Å². The summed E-state index contributed by atoms with van der Waals surface area (Å²) in [4.78, 5) is 34.7. The molecule has 2 fully saturated rings. The van der Waals surface area contributed by atoms with Gasteiger partial charge in [0, 0.05) is 0 Å². The van der Waals surface area contributed by atoms with Crippen LogP contribution in [0.2, 0.25) is 10.0 Å². The van der Waals surface area contributed by atoms with Gasteiger partial charge in [-0.2, -0.15) is 0 Å². The van der Waals surface area contributed by atoms with Gasteiger partial charge in [0.2, 0.25) is 5.91 Å². The number of carbonyl (C=O) groups excluding carboxylic acids is 2. The van der Waals surface area contributed by atoms with E-state index >= 15 is 0 Å². The summed E-state index contributed by atoms with van der Waals surface area (Å²) >= 11 is 12.2. The molecule has 0 spiro atoms. The van der Waals surface area contributed by atoms with Crippen molar-refractivity contribution in [1.82, 2.24) is 0 Å². The molecule has 2 saturated heterocycles. The number of methoxy groups -OCH3 is 1. The topological polar surface area (TPSA) is 68.3 Å². The second-order valence-corrected chi connectivity index (χ2v) is 9.69. The number of anilines is 2. The summed E-state index contributed by atoms with van der Waals surface area (Å²) in [7, 11) is 1.57. The molecule has 37 heavy (non-hydrogen) atoms. The third-order valence-electron chi connectivity index (χ3n) is 6.57. The van der Waals surface area contributed by atoms with Gasteiger partial charge < -0.3 is 9.47 Å². The average Bonchev–Trinajstić information content (AvgIpc) is 3.42. The van der Waals surface area contributed by atoms with Crippen LogP contribution in [0.5, 0.6) is 11.5 Å². The minimum atomic E-state index is -1.00. The van der Waals surface area contributed by atoms with Crippen molar-refractivity contribution in [3.05, 3.63) is 82.3 Å². The monoisotopic (exact) mass is 540 g/mol. The van der Waals surface area contributed by atoms with Crippen LogP contribution in [-0.2, 0) is 14.4 Å². The van der Waals surface area contributed by atoms with E-state index in [9.17, 15) is 9.59 Å². The predicted molar refractivity (Wildman–Crippen MR) is 142 cm³/mol. The molecule has 9 heteroatoms. The van der Waals surface area contributed by atoms with Gasteiger partial charge >= 0.3 is 0 Å². The fraction of sp³-hybridized carbons (Fsp3) is 0.286. The van der Waals surface area contributed by atoms with Gasteiger partial charge in [0.15, 0.2) is 17.6 Å². The molecule has 0 saturated carbocycles. The smallest absolute Gasteiger partial charge is 0.266 e. The van der Waals surface area contributed by atoms with Crippen LogP contribution in [0.25, 0.3) is 0 Å². The van der Waals surface area contributed by atoms with Crippen molar-refractivity contribution in [2.75, 3.05) is 23.7 Å². The second kappa shape index (κ2) is 10.6. The van der Waals surface area contributed by atoms with Crippen molar-refractivity contribution in [3.8, 4) is 11.5 Å². The van der Waals surface area contributed by atoms with E-state index in [2.05, 4.69) is 6.92 Å². The summed E-state index contributed by atoms with van der Waals surface area (Å²) in [5.74, 6) is -0.461. The molecule has 2 aliphatic heterocycles. The van der Waals surface area contributed by atoms with E-state index in [4.69, 9.17) is 37.5 Å². The molecule has 3 atom stereocenters. The zero-order valence-corrected chi connectivity index (χ0v) is 21.9. The molecule has 7 nitrogen and oxygen atoms in total. The Labute approximate surface area is 225 Å².